The van der Waals surface area contributed by atoms with E-state index >= 15 is 0 Å². The van der Waals surface area contributed by atoms with Crippen LogP contribution in [0.15, 0.2) is 0 Å². The largest absolute Gasteiger partial charge is 0.481 e. The zero-order valence-corrected chi connectivity index (χ0v) is 42.2. The fourth-order valence-corrected chi connectivity index (χ4v) is 8.68. The topological polar surface area (TPSA) is 103 Å². The highest BCUT2D eigenvalue weighted by Crippen LogP contribution is 2.20. The maximum absolute atomic E-state index is 12.9. The Balaban J connectivity index is 4.73. The first-order valence-corrected chi connectivity index (χ1v) is 27.3. The quantitative estimate of drug-likeness (QED) is 0.0273. The van der Waals surface area contributed by atoms with E-state index < -0.39 is 0 Å². The van der Waals surface area contributed by atoms with Crippen LogP contribution < -0.4 is 0 Å². The number of unbranched alkanes of at least 4 members (excludes halogenated alkanes) is 21. The van der Waals surface area contributed by atoms with E-state index in [2.05, 4.69) is 39.5 Å². The van der Waals surface area contributed by atoms with Gasteiger partial charge in [0, 0.05) is 32.4 Å². The van der Waals surface area contributed by atoms with Gasteiger partial charge in [0.2, 0.25) is 5.91 Å². The number of nitrogens with zero attached hydrogens (tertiary/aromatic N) is 2. The Morgan fingerprint density at radius 2 is 0.823 bits per heavy atom. The average molecular weight is 878 g/mol. The van der Waals surface area contributed by atoms with Crippen molar-refractivity contribution in [3.63, 3.8) is 0 Å². The Kier molecular flexibility index (Phi) is 46.0. The molecule has 0 spiro atoms. The van der Waals surface area contributed by atoms with E-state index in [4.69, 9.17) is 14.9 Å². The van der Waals surface area contributed by atoms with Crippen LogP contribution in [0.25, 0.3) is 0 Å². The number of esters is 1. The molecular formula is C54H107N3O5. The second-order valence-corrected chi connectivity index (χ2v) is 19.0. The number of ether oxygens (including phenoxy) is 2. The molecular weight excluding hydrogens is 771 g/mol. The van der Waals surface area contributed by atoms with Crippen molar-refractivity contribution in [1.29, 1.82) is 5.41 Å². The van der Waals surface area contributed by atoms with Crippen LogP contribution in [-0.4, -0.2) is 85.2 Å². The van der Waals surface area contributed by atoms with E-state index in [9.17, 15) is 14.7 Å². The monoisotopic (exact) mass is 878 g/mol. The molecule has 2 unspecified atom stereocenters. The van der Waals surface area contributed by atoms with Crippen LogP contribution in [-0.2, 0) is 19.1 Å². The minimum absolute atomic E-state index is 0.0106. The lowest BCUT2D eigenvalue weighted by Gasteiger charge is -2.25. The van der Waals surface area contributed by atoms with Gasteiger partial charge in [-0.05, 0) is 102 Å². The molecule has 0 fully saturated rings. The van der Waals surface area contributed by atoms with Gasteiger partial charge in [-0.1, -0.05) is 176 Å². The normalized spacial score (nSPS) is 12.5. The number of nitrogens with one attached hydrogen (secondary N) is 1. The van der Waals surface area contributed by atoms with Crippen molar-refractivity contribution in [3.8, 4) is 0 Å². The molecule has 1 amide bonds. The van der Waals surface area contributed by atoms with Crippen LogP contribution in [0.3, 0.4) is 0 Å². The summed E-state index contributed by atoms with van der Waals surface area (Å²) in [6.45, 7) is 17.0. The molecule has 0 aliphatic heterocycles. The number of carbonyl (C=O) groups is 2. The van der Waals surface area contributed by atoms with Gasteiger partial charge in [-0.25, -0.2) is 0 Å². The number of rotatable bonds is 49. The summed E-state index contributed by atoms with van der Waals surface area (Å²) >= 11 is 0. The second-order valence-electron chi connectivity index (χ2n) is 19.0. The van der Waals surface area contributed by atoms with Crippen LogP contribution in [0.2, 0.25) is 0 Å². The Hall–Kier alpha value is -1.67. The highest BCUT2D eigenvalue weighted by molar-refractivity contribution is 5.76. The number of hydrogen-bond acceptors (Lipinski definition) is 7. The summed E-state index contributed by atoms with van der Waals surface area (Å²) in [6, 6.07) is 0. The minimum atomic E-state index is -0.0106. The molecule has 0 aliphatic rings. The molecule has 0 radical (unpaired) electrons. The molecule has 0 aromatic rings. The molecule has 0 aliphatic carbocycles. The summed E-state index contributed by atoms with van der Waals surface area (Å²) in [7, 11) is 0. The van der Waals surface area contributed by atoms with Gasteiger partial charge in [-0.3, -0.25) is 15.0 Å². The lowest BCUT2D eigenvalue weighted by molar-refractivity contribution is -0.145. The summed E-state index contributed by atoms with van der Waals surface area (Å²) < 4.78 is 11.7. The molecule has 62 heavy (non-hydrogen) atoms. The van der Waals surface area contributed by atoms with Gasteiger partial charge in [-0.2, -0.15) is 0 Å². The number of carbonyl (C=O) groups excluding carboxylic acids is 2. The molecule has 8 nitrogen and oxygen atoms in total. The number of amides is 1. The van der Waals surface area contributed by atoms with Crippen molar-refractivity contribution >= 4 is 17.8 Å². The molecule has 0 saturated heterocycles. The third-order valence-corrected chi connectivity index (χ3v) is 12.9. The van der Waals surface area contributed by atoms with Crippen molar-refractivity contribution in [2.24, 2.45) is 11.8 Å². The molecule has 0 aromatic carbocycles. The predicted octanol–water partition coefficient (Wildman–Crippen LogP) is 15.0. The maximum atomic E-state index is 12.9. The van der Waals surface area contributed by atoms with Crippen molar-refractivity contribution < 1.29 is 24.2 Å². The minimum Gasteiger partial charge on any atom is -0.481 e. The van der Waals surface area contributed by atoms with E-state index in [1.165, 1.54) is 154 Å². The van der Waals surface area contributed by atoms with Crippen LogP contribution in [0.1, 0.15) is 266 Å². The first kappa shape index (κ1) is 60.3. The highest BCUT2D eigenvalue weighted by atomic mass is 16.5. The standard InChI is InChI=1S/C54H107N3O5/c1-6-11-16-21-29-40-53(59)57(46-47-58)45-34-33-44-56(42-31-24-19-22-28-39-52(55)61-48-50(35-14-9-4)37-26-17-12-7-2)43-32-25-20-23-30-41-54(60)62-49-51(36-15-10-5)38-27-18-13-8-3/h50-51,55,58H,6-49H2,1-5H3. The zero-order valence-electron chi connectivity index (χ0n) is 42.2. The van der Waals surface area contributed by atoms with E-state index in [1.54, 1.807) is 0 Å². The highest BCUT2D eigenvalue weighted by Gasteiger charge is 2.15. The first-order chi connectivity index (χ1) is 30.3. The maximum Gasteiger partial charge on any atom is 0.305 e. The summed E-state index contributed by atoms with van der Waals surface area (Å²) in [4.78, 5) is 30.0. The summed E-state index contributed by atoms with van der Waals surface area (Å²) in [5.41, 5.74) is 0. The molecule has 0 heterocycles. The summed E-state index contributed by atoms with van der Waals surface area (Å²) in [6.07, 6.45) is 41.0. The van der Waals surface area contributed by atoms with Gasteiger partial charge >= 0.3 is 5.97 Å². The van der Waals surface area contributed by atoms with Gasteiger partial charge in [0.15, 0.2) is 5.90 Å². The van der Waals surface area contributed by atoms with E-state index in [-0.39, 0.29) is 18.5 Å². The van der Waals surface area contributed by atoms with Gasteiger partial charge in [0.05, 0.1) is 19.8 Å². The number of aliphatic hydroxyl groups is 1. The second kappa shape index (κ2) is 47.3. The fourth-order valence-electron chi connectivity index (χ4n) is 8.68. The van der Waals surface area contributed by atoms with Crippen LogP contribution in [0.5, 0.6) is 0 Å². The predicted molar refractivity (Wildman–Crippen MR) is 266 cm³/mol. The van der Waals surface area contributed by atoms with E-state index in [0.29, 0.717) is 43.7 Å². The zero-order chi connectivity index (χ0) is 45.6. The Labute approximate surface area is 386 Å². The van der Waals surface area contributed by atoms with Gasteiger partial charge < -0.3 is 24.4 Å². The first-order valence-electron chi connectivity index (χ1n) is 27.3. The van der Waals surface area contributed by atoms with Crippen molar-refractivity contribution in [3.05, 3.63) is 0 Å². The van der Waals surface area contributed by atoms with Crippen LogP contribution in [0.4, 0.5) is 0 Å². The smallest absolute Gasteiger partial charge is 0.305 e. The average Bonchev–Trinajstić information content (AvgIpc) is 3.27. The third kappa shape index (κ3) is 39.9. The third-order valence-electron chi connectivity index (χ3n) is 12.9. The molecule has 0 saturated carbocycles. The molecule has 2 N–H and O–H groups in total. The Morgan fingerprint density at radius 3 is 1.34 bits per heavy atom. The lowest BCUT2D eigenvalue weighted by atomic mass is 9.96. The summed E-state index contributed by atoms with van der Waals surface area (Å²) in [5, 5.41) is 18.1. The van der Waals surface area contributed by atoms with Crippen LogP contribution >= 0.6 is 0 Å². The lowest BCUT2D eigenvalue weighted by Crippen LogP contribution is -2.35. The fraction of sp³-hybridized carbons (Fsp3) is 0.944. The van der Waals surface area contributed by atoms with Gasteiger partial charge in [0.1, 0.15) is 0 Å². The Morgan fingerprint density at radius 1 is 0.435 bits per heavy atom. The molecule has 368 valence electrons. The summed E-state index contributed by atoms with van der Waals surface area (Å²) in [5.74, 6) is 1.79. The van der Waals surface area contributed by atoms with Crippen molar-refractivity contribution in [2.45, 2.75) is 266 Å². The Bertz CT molecular complexity index is 926. The number of hydrogen-bond donors (Lipinski definition) is 2. The van der Waals surface area contributed by atoms with Gasteiger partial charge in [0.25, 0.3) is 0 Å². The number of aliphatic hydroxyl groups excluding tert-OH is 1. The van der Waals surface area contributed by atoms with Crippen molar-refractivity contribution in [2.75, 3.05) is 52.5 Å². The molecule has 2 atom stereocenters. The van der Waals surface area contributed by atoms with Crippen LogP contribution in [0, 0.1) is 17.2 Å². The van der Waals surface area contributed by atoms with Gasteiger partial charge in [-0.15, -0.1) is 0 Å². The molecule has 0 bridgehead atoms. The molecule has 0 aromatic heterocycles. The molecule has 0 rings (SSSR count). The van der Waals surface area contributed by atoms with Crippen molar-refractivity contribution in [1.82, 2.24) is 9.80 Å². The molecule has 8 heteroatoms. The van der Waals surface area contributed by atoms with E-state index in [0.717, 1.165) is 97.0 Å². The SMILES string of the molecule is CCCCCCCC(=O)N(CCO)CCCCN(CCCCCCCC(=N)OCC(CCCC)CCCCCC)CCCCCCCC(=O)OCC(CCCC)CCCCCC. The van der Waals surface area contributed by atoms with E-state index in [1.807, 2.05) is 4.90 Å².